The average Bonchev–Trinajstić information content (AvgIpc) is 2.95. The summed E-state index contributed by atoms with van der Waals surface area (Å²) in [5, 5.41) is 25.9. The molecule has 51 heavy (non-hydrogen) atoms. The zero-order valence-corrected chi connectivity index (χ0v) is 31.2. The molecular formula is C35H60N6O10. The average molecular weight is 725 g/mol. The van der Waals surface area contributed by atoms with Crippen LogP contribution in [-0.2, 0) is 43.0 Å². The van der Waals surface area contributed by atoms with E-state index >= 15 is 0 Å². The fourth-order valence-electron chi connectivity index (χ4n) is 5.52. The molecule has 16 heteroatoms. The largest absolute Gasteiger partial charge is 0.481 e. The van der Waals surface area contributed by atoms with Gasteiger partial charge in [-0.15, -0.1) is 0 Å². The highest BCUT2D eigenvalue weighted by atomic mass is 16.5. The summed E-state index contributed by atoms with van der Waals surface area (Å²) in [6.45, 7) is 12.6. The lowest BCUT2D eigenvalue weighted by atomic mass is 10.00. The third kappa shape index (κ3) is 22.4. The second-order valence-corrected chi connectivity index (χ2v) is 14.1. The molecule has 0 fully saturated rings. The molecule has 0 bridgehead atoms. The lowest BCUT2D eigenvalue weighted by molar-refractivity contribution is -0.138. The maximum Gasteiger partial charge on any atom is 0.305 e. The van der Waals surface area contributed by atoms with Crippen LogP contribution in [0.15, 0.2) is 12.2 Å². The lowest BCUT2D eigenvalue weighted by Gasteiger charge is -2.24. The first-order valence-corrected chi connectivity index (χ1v) is 17.7. The fourth-order valence-corrected chi connectivity index (χ4v) is 5.52. The van der Waals surface area contributed by atoms with E-state index in [0.29, 0.717) is 6.42 Å². The molecule has 6 atom stereocenters. The van der Waals surface area contributed by atoms with Gasteiger partial charge in [0.2, 0.25) is 35.4 Å². The van der Waals surface area contributed by atoms with Crippen LogP contribution in [0.5, 0.6) is 0 Å². The minimum Gasteiger partial charge on any atom is -0.481 e. The predicted octanol–water partition coefficient (Wildman–Crippen LogP) is 0.685. The van der Waals surface area contributed by atoms with Gasteiger partial charge in [-0.2, -0.15) is 0 Å². The molecule has 0 spiro atoms. The quantitative estimate of drug-likeness (QED) is 0.139. The van der Waals surface area contributed by atoms with Crippen LogP contribution < -0.4 is 31.9 Å². The minimum atomic E-state index is -1.03. The molecule has 1 heterocycles. The van der Waals surface area contributed by atoms with Gasteiger partial charge in [-0.1, -0.05) is 39.8 Å². The molecule has 0 aromatic carbocycles. The van der Waals surface area contributed by atoms with Crippen molar-refractivity contribution in [3.8, 4) is 0 Å². The van der Waals surface area contributed by atoms with Gasteiger partial charge < -0.3 is 46.5 Å². The summed E-state index contributed by atoms with van der Waals surface area (Å²) < 4.78 is 11.4. The smallest absolute Gasteiger partial charge is 0.305 e. The molecule has 0 aromatic heterocycles. The van der Waals surface area contributed by atoms with Crippen molar-refractivity contribution in [2.24, 2.45) is 11.8 Å². The standard InChI is InChI=1S/C35H60N6O10/c1-21(2)12-26(17-35(48)49)39-33(46)16-28-20-51-11-9-8-10-50-19-27(41-34(47)18-29(22(3)4)38-25(7)42)15-32(45)37-23(5)13-30(43)36-24(6)14-31(44)40-28/h8-9,21-24,26-29H,10-20H2,1-7H3,(H,36,43)(H,37,45)(H,38,42)(H,39,46)(H,40,44)(H,41,47)(H,48,49)/b9-8+/t23-,24-,26+,27+,28+,29+/m0/s1. The van der Waals surface area contributed by atoms with Crippen LogP contribution >= 0.6 is 0 Å². The molecule has 0 saturated carbocycles. The van der Waals surface area contributed by atoms with Crippen LogP contribution in [0.4, 0.5) is 0 Å². The summed E-state index contributed by atoms with van der Waals surface area (Å²) >= 11 is 0. The number of aliphatic carboxylic acids is 1. The lowest BCUT2D eigenvalue weighted by Crippen LogP contribution is -2.47. The molecule has 0 aliphatic carbocycles. The van der Waals surface area contributed by atoms with Gasteiger partial charge in [-0.25, -0.2) is 0 Å². The number of amides is 6. The molecule has 0 aromatic rings. The summed E-state index contributed by atoms with van der Waals surface area (Å²) in [5.41, 5.74) is 0. The third-order valence-corrected chi connectivity index (χ3v) is 7.77. The van der Waals surface area contributed by atoms with Crippen molar-refractivity contribution in [2.45, 2.75) is 130 Å². The van der Waals surface area contributed by atoms with Crippen LogP contribution in [0.2, 0.25) is 0 Å². The van der Waals surface area contributed by atoms with Gasteiger partial charge >= 0.3 is 5.97 Å². The number of carboxylic acid groups (broad SMARTS) is 1. The van der Waals surface area contributed by atoms with Gasteiger partial charge in [-0.3, -0.25) is 33.6 Å². The predicted molar refractivity (Wildman–Crippen MR) is 189 cm³/mol. The van der Waals surface area contributed by atoms with Crippen molar-refractivity contribution >= 4 is 41.4 Å². The Balaban J connectivity index is 3.02. The number of ether oxygens (including phenoxy) is 2. The van der Waals surface area contributed by atoms with E-state index in [1.807, 2.05) is 27.7 Å². The second-order valence-electron chi connectivity index (χ2n) is 14.1. The van der Waals surface area contributed by atoms with E-state index in [4.69, 9.17) is 9.47 Å². The van der Waals surface area contributed by atoms with Gasteiger partial charge in [0.1, 0.15) is 0 Å². The molecular weight excluding hydrogens is 664 g/mol. The first-order chi connectivity index (χ1) is 23.9. The number of rotatable bonds is 12. The molecule has 1 aliphatic heterocycles. The Morgan fingerprint density at radius 3 is 1.88 bits per heavy atom. The van der Waals surface area contributed by atoms with E-state index in [9.17, 15) is 38.7 Å². The zero-order chi connectivity index (χ0) is 38.5. The molecule has 1 aliphatic rings. The number of carbonyl (C=O) groups excluding carboxylic acids is 6. The minimum absolute atomic E-state index is 0.00317. The van der Waals surface area contributed by atoms with Gasteiger partial charge in [-0.05, 0) is 32.1 Å². The maximum atomic E-state index is 12.9. The van der Waals surface area contributed by atoms with Crippen LogP contribution in [-0.4, -0.2) is 109 Å². The van der Waals surface area contributed by atoms with Crippen molar-refractivity contribution in [1.29, 1.82) is 0 Å². The van der Waals surface area contributed by atoms with E-state index in [1.165, 1.54) is 6.92 Å². The molecule has 7 N–H and O–H groups in total. The zero-order valence-electron chi connectivity index (χ0n) is 31.2. The van der Waals surface area contributed by atoms with Crippen molar-refractivity contribution < 1.29 is 48.1 Å². The Bertz CT molecular complexity index is 1190. The first kappa shape index (κ1) is 45.0. The van der Waals surface area contributed by atoms with Crippen LogP contribution in [0, 0.1) is 11.8 Å². The summed E-state index contributed by atoms with van der Waals surface area (Å²) in [6, 6.07) is -3.51. The Hall–Kier alpha value is -4.05. The first-order valence-electron chi connectivity index (χ1n) is 17.7. The molecule has 0 radical (unpaired) electrons. The van der Waals surface area contributed by atoms with Crippen LogP contribution in [0.25, 0.3) is 0 Å². The fraction of sp³-hybridized carbons (Fsp3) is 0.743. The monoisotopic (exact) mass is 724 g/mol. The highest BCUT2D eigenvalue weighted by Crippen LogP contribution is 2.10. The number of hydrogen-bond acceptors (Lipinski definition) is 9. The van der Waals surface area contributed by atoms with E-state index in [2.05, 4.69) is 31.9 Å². The van der Waals surface area contributed by atoms with E-state index in [-0.39, 0.29) is 94.5 Å². The molecule has 1 rings (SSSR count). The maximum absolute atomic E-state index is 12.9. The molecule has 16 nitrogen and oxygen atoms in total. The van der Waals surface area contributed by atoms with Crippen molar-refractivity contribution in [3.05, 3.63) is 12.2 Å². The van der Waals surface area contributed by atoms with Crippen LogP contribution in [0.3, 0.4) is 0 Å². The third-order valence-electron chi connectivity index (χ3n) is 7.77. The Labute approximate surface area is 301 Å². The van der Waals surface area contributed by atoms with Gasteiger partial charge in [0, 0.05) is 63.2 Å². The number of carbonyl (C=O) groups is 7. The normalized spacial score (nSPS) is 23.7. The molecule has 6 amide bonds. The Kier molecular flexibility index (Phi) is 21.3. The summed E-state index contributed by atoms with van der Waals surface area (Å²) in [4.78, 5) is 87.3. The topological polar surface area (TPSA) is 230 Å². The Morgan fingerprint density at radius 2 is 1.35 bits per heavy atom. The summed E-state index contributed by atoms with van der Waals surface area (Å²) in [5.74, 6) is -3.13. The summed E-state index contributed by atoms with van der Waals surface area (Å²) in [7, 11) is 0. The van der Waals surface area contributed by atoms with E-state index in [0.717, 1.165) is 0 Å². The van der Waals surface area contributed by atoms with E-state index in [1.54, 1.807) is 26.0 Å². The molecule has 0 unspecified atom stereocenters. The molecule has 290 valence electrons. The highest BCUT2D eigenvalue weighted by molar-refractivity contribution is 5.83. The SMILES string of the molecule is CC(=O)N[C@H](CC(=O)N[C@H]1COC/C=C/COC[C@@H](CC(=O)N[C@@H](CC(=O)O)CC(C)C)NC(=O)C[C@H](C)NC(=O)C[C@H](C)NC(=O)C1)C(C)C. The van der Waals surface area contributed by atoms with Gasteiger partial charge in [0.15, 0.2) is 0 Å². The van der Waals surface area contributed by atoms with E-state index < -0.39 is 59.9 Å². The van der Waals surface area contributed by atoms with Gasteiger partial charge in [0.05, 0.1) is 44.9 Å². The van der Waals surface area contributed by atoms with Crippen molar-refractivity contribution in [1.82, 2.24) is 31.9 Å². The van der Waals surface area contributed by atoms with Crippen LogP contribution in [0.1, 0.15) is 93.4 Å². The summed E-state index contributed by atoms with van der Waals surface area (Å²) in [6.07, 6.45) is 3.23. The van der Waals surface area contributed by atoms with Crippen molar-refractivity contribution in [2.75, 3.05) is 26.4 Å². The Morgan fingerprint density at radius 1 is 0.804 bits per heavy atom. The molecule has 0 saturated heterocycles. The second kappa shape index (κ2) is 24.2. The number of carboxylic acids is 1. The van der Waals surface area contributed by atoms with Gasteiger partial charge in [0.25, 0.3) is 0 Å². The number of nitrogens with one attached hydrogen (secondary N) is 6. The highest BCUT2D eigenvalue weighted by Gasteiger charge is 2.25. The van der Waals surface area contributed by atoms with Crippen molar-refractivity contribution in [3.63, 3.8) is 0 Å². The number of hydrogen-bond donors (Lipinski definition) is 7.